The highest BCUT2D eigenvalue weighted by molar-refractivity contribution is 5.53. The first-order valence-electron chi connectivity index (χ1n) is 4.07. The predicted octanol–water partition coefficient (Wildman–Crippen LogP) is 2.33. The Labute approximate surface area is 77.3 Å². The van der Waals surface area contributed by atoms with E-state index in [9.17, 15) is 0 Å². The maximum Gasteiger partial charge on any atom is 0.0889 e. The van der Waals surface area contributed by atoms with Crippen LogP contribution in [0.25, 0.3) is 11.4 Å². The van der Waals surface area contributed by atoms with Crippen LogP contribution in [-0.4, -0.2) is 9.97 Å². The van der Waals surface area contributed by atoms with Gasteiger partial charge in [-0.1, -0.05) is 12.1 Å². The number of aromatic nitrogens is 2. The average molecular weight is 169 g/mol. The molecule has 2 heterocycles. The molecule has 0 aliphatic rings. The molecule has 0 aliphatic heterocycles. The fraction of sp³-hybridized carbons (Fsp3) is 0. The zero-order valence-electron chi connectivity index (χ0n) is 7.14. The van der Waals surface area contributed by atoms with Crippen molar-refractivity contribution in [2.45, 2.75) is 0 Å². The molecule has 63 valence electrons. The molecule has 0 atom stereocenters. The summed E-state index contributed by atoms with van der Waals surface area (Å²) in [6.45, 7) is 3.77. The molecule has 0 spiro atoms. The molecule has 0 N–H and O–H groups in total. The van der Waals surface area contributed by atoms with Crippen molar-refractivity contribution in [3.8, 4) is 11.4 Å². The highest BCUT2D eigenvalue weighted by atomic mass is 14.8. The van der Waals surface area contributed by atoms with E-state index in [1.165, 1.54) is 0 Å². The van der Waals surface area contributed by atoms with Crippen LogP contribution < -0.4 is 0 Å². The summed E-state index contributed by atoms with van der Waals surface area (Å²) < 4.78 is 0. The summed E-state index contributed by atoms with van der Waals surface area (Å²) in [5.74, 6) is 0. The van der Waals surface area contributed by atoms with Crippen LogP contribution in [-0.2, 0) is 0 Å². The smallest absolute Gasteiger partial charge is 0.0889 e. The van der Waals surface area contributed by atoms with Crippen molar-refractivity contribution in [2.24, 2.45) is 0 Å². The summed E-state index contributed by atoms with van der Waals surface area (Å²) >= 11 is 0. The fourth-order valence-corrected chi connectivity index (χ4v) is 1.14. The zero-order chi connectivity index (χ0) is 9.10. The van der Waals surface area contributed by atoms with Gasteiger partial charge in [0.25, 0.3) is 0 Å². The molecule has 0 bridgehead atoms. The van der Waals surface area contributed by atoms with Gasteiger partial charge in [0.1, 0.15) is 0 Å². The summed E-state index contributed by atoms with van der Waals surface area (Å²) in [6.07, 6.45) is 1.76. The van der Waals surface area contributed by atoms with Gasteiger partial charge in [-0.05, 0) is 31.2 Å². The van der Waals surface area contributed by atoms with E-state index < -0.39 is 0 Å². The van der Waals surface area contributed by atoms with Crippen LogP contribution in [0.4, 0.5) is 0 Å². The van der Waals surface area contributed by atoms with Gasteiger partial charge >= 0.3 is 0 Å². The van der Waals surface area contributed by atoms with Crippen molar-refractivity contribution in [1.82, 2.24) is 9.97 Å². The minimum atomic E-state index is 0.767. The minimum absolute atomic E-state index is 0.767. The van der Waals surface area contributed by atoms with Crippen LogP contribution >= 0.6 is 0 Å². The van der Waals surface area contributed by atoms with Gasteiger partial charge in [0.05, 0.1) is 11.4 Å². The molecule has 0 saturated heterocycles. The molecule has 2 aromatic rings. The van der Waals surface area contributed by atoms with E-state index in [-0.39, 0.29) is 0 Å². The molecule has 0 unspecified atom stereocenters. The van der Waals surface area contributed by atoms with E-state index >= 15 is 0 Å². The number of rotatable bonds is 1. The zero-order valence-corrected chi connectivity index (χ0v) is 7.14. The Bertz CT molecular complexity index is 396. The average Bonchev–Trinajstić information content (AvgIpc) is 2.19. The second-order valence-corrected chi connectivity index (χ2v) is 2.73. The molecule has 2 nitrogen and oxygen atoms in total. The summed E-state index contributed by atoms with van der Waals surface area (Å²) in [5, 5.41) is 0. The van der Waals surface area contributed by atoms with Gasteiger partial charge in [-0.25, -0.2) is 0 Å². The maximum atomic E-state index is 4.27. The third kappa shape index (κ3) is 1.72. The molecule has 0 saturated carbocycles. The monoisotopic (exact) mass is 169 g/mol. The van der Waals surface area contributed by atoms with Crippen molar-refractivity contribution < 1.29 is 0 Å². The van der Waals surface area contributed by atoms with Crippen LogP contribution in [0.3, 0.4) is 0 Å². The Morgan fingerprint density at radius 1 is 0.923 bits per heavy atom. The Morgan fingerprint density at radius 3 is 2.46 bits per heavy atom. The molecule has 1 radical (unpaired) electrons. The van der Waals surface area contributed by atoms with Gasteiger partial charge in [-0.3, -0.25) is 9.97 Å². The van der Waals surface area contributed by atoms with E-state index in [2.05, 4.69) is 16.9 Å². The second kappa shape index (κ2) is 3.35. The summed E-state index contributed by atoms with van der Waals surface area (Å²) in [6, 6.07) is 11.5. The van der Waals surface area contributed by atoms with Crippen molar-refractivity contribution in [3.63, 3.8) is 0 Å². The van der Waals surface area contributed by atoms with Crippen molar-refractivity contribution in [1.29, 1.82) is 0 Å². The second-order valence-electron chi connectivity index (χ2n) is 2.73. The first-order valence-corrected chi connectivity index (χ1v) is 4.07. The lowest BCUT2D eigenvalue weighted by atomic mass is 10.2. The van der Waals surface area contributed by atoms with E-state index in [0.717, 1.165) is 17.1 Å². The van der Waals surface area contributed by atoms with E-state index in [1.807, 2.05) is 36.4 Å². The highest BCUT2D eigenvalue weighted by Crippen LogP contribution is 2.12. The summed E-state index contributed by atoms with van der Waals surface area (Å²) in [5.41, 5.74) is 2.52. The summed E-state index contributed by atoms with van der Waals surface area (Å²) in [7, 11) is 0. The molecular weight excluding hydrogens is 160 g/mol. The Morgan fingerprint density at radius 2 is 1.77 bits per heavy atom. The van der Waals surface area contributed by atoms with Crippen LogP contribution in [0.5, 0.6) is 0 Å². The largest absolute Gasteiger partial charge is 0.255 e. The number of hydrogen-bond acceptors (Lipinski definition) is 2. The van der Waals surface area contributed by atoms with Crippen LogP contribution in [0.1, 0.15) is 5.69 Å². The molecule has 2 aromatic heterocycles. The number of nitrogens with zero attached hydrogens (tertiary/aromatic N) is 2. The maximum absolute atomic E-state index is 4.27. The number of pyridine rings is 2. The van der Waals surface area contributed by atoms with Gasteiger partial charge in [-0.2, -0.15) is 0 Å². The van der Waals surface area contributed by atoms with Crippen LogP contribution in [0, 0.1) is 6.92 Å². The normalized spacial score (nSPS) is 9.92. The van der Waals surface area contributed by atoms with Gasteiger partial charge in [0.15, 0.2) is 0 Å². The molecule has 0 aromatic carbocycles. The molecule has 13 heavy (non-hydrogen) atoms. The standard InChI is InChI=1S/C11H9N2/c1-9-5-4-7-11(13-9)10-6-2-3-8-12-10/h2-8H,1H2. The fourth-order valence-electron chi connectivity index (χ4n) is 1.14. The lowest BCUT2D eigenvalue weighted by Gasteiger charge is -1.99. The van der Waals surface area contributed by atoms with Crippen LogP contribution in [0.2, 0.25) is 0 Å². The van der Waals surface area contributed by atoms with Crippen molar-refractivity contribution in [3.05, 3.63) is 55.2 Å². The topological polar surface area (TPSA) is 25.8 Å². The van der Waals surface area contributed by atoms with Gasteiger partial charge < -0.3 is 0 Å². The Kier molecular flexibility index (Phi) is 2.04. The molecular formula is C11H9N2. The molecule has 0 fully saturated rings. The molecule has 0 aliphatic carbocycles. The lowest BCUT2D eigenvalue weighted by Crippen LogP contribution is -1.87. The van der Waals surface area contributed by atoms with E-state index in [4.69, 9.17) is 0 Å². The van der Waals surface area contributed by atoms with Crippen molar-refractivity contribution >= 4 is 0 Å². The molecule has 2 heteroatoms. The highest BCUT2D eigenvalue weighted by Gasteiger charge is 1.97. The third-order valence-electron chi connectivity index (χ3n) is 1.73. The van der Waals surface area contributed by atoms with Gasteiger partial charge in [0.2, 0.25) is 0 Å². The quantitative estimate of drug-likeness (QED) is 0.654. The number of hydrogen-bond donors (Lipinski definition) is 0. The van der Waals surface area contributed by atoms with E-state index in [1.54, 1.807) is 6.20 Å². The first-order chi connectivity index (χ1) is 6.36. The molecule has 2 rings (SSSR count). The SMILES string of the molecule is [CH2]c1cccc(-c2ccccn2)n1. The summed E-state index contributed by atoms with van der Waals surface area (Å²) in [4.78, 5) is 8.47. The Hall–Kier alpha value is -1.70. The Balaban J connectivity index is 2.48. The lowest BCUT2D eigenvalue weighted by molar-refractivity contribution is 1.22. The van der Waals surface area contributed by atoms with Gasteiger partial charge in [-0.15, -0.1) is 0 Å². The minimum Gasteiger partial charge on any atom is -0.255 e. The van der Waals surface area contributed by atoms with E-state index in [0.29, 0.717) is 0 Å². The third-order valence-corrected chi connectivity index (χ3v) is 1.73. The first kappa shape index (κ1) is 7.92. The van der Waals surface area contributed by atoms with Gasteiger partial charge in [0, 0.05) is 11.9 Å². The van der Waals surface area contributed by atoms with Crippen LogP contribution in [0.15, 0.2) is 42.6 Å². The predicted molar refractivity (Wildman–Crippen MR) is 51.9 cm³/mol. The van der Waals surface area contributed by atoms with Crippen molar-refractivity contribution in [2.75, 3.05) is 0 Å². The molecule has 0 amide bonds.